The Labute approximate surface area is 124 Å². The molecule has 1 aromatic heterocycles. The van der Waals surface area contributed by atoms with Gasteiger partial charge >= 0.3 is 0 Å². The fourth-order valence-corrected chi connectivity index (χ4v) is 2.57. The van der Waals surface area contributed by atoms with Gasteiger partial charge in [0, 0.05) is 23.9 Å². The molecule has 0 spiro atoms. The van der Waals surface area contributed by atoms with E-state index in [-0.39, 0.29) is 11.8 Å². The maximum absolute atomic E-state index is 12.0. The first-order valence-corrected chi connectivity index (χ1v) is 7.31. The zero-order valence-corrected chi connectivity index (χ0v) is 11.8. The number of pyridine rings is 1. The van der Waals surface area contributed by atoms with Gasteiger partial charge in [-0.1, -0.05) is 18.9 Å². The second-order valence-electron chi connectivity index (χ2n) is 5.27. The summed E-state index contributed by atoms with van der Waals surface area (Å²) in [7, 11) is 0. The molecule has 1 N–H and O–H groups in total. The van der Waals surface area contributed by atoms with E-state index in [1.165, 1.54) is 0 Å². The Balaban J connectivity index is 1.60. The number of rotatable bonds is 4. The van der Waals surface area contributed by atoms with E-state index in [0.29, 0.717) is 11.6 Å². The standard InChI is InChI=1S/C17H18N2O2/c20-17(13-5-1-2-6-13)19-14-8-10-15(11-9-14)21-16-7-3-4-12-18-16/h3-4,7-13H,1-2,5-6H2,(H,19,20). The summed E-state index contributed by atoms with van der Waals surface area (Å²) < 4.78 is 5.61. The van der Waals surface area contributed by atoms with Crippen LogP contribution in [0.25, 0.3) is 0 Å². The molecule has 0 bridgehead atoms. The average molecular weight is 282 g/mol. The van der Waals surface area contributed by atoms with Crippen molar-refractivity contribution in [3.05, 3.63) is 48.7 Å². The second kappa shape index (κ2) is 6.39. The molecule has 1 heterocycles. The highest BCUT2D eigenvalue weighted by Gasteiger charge is 2.22. The van der Waals surface area contributed by atoms with Crippen molar-refractivity contribution >= 4 is 11.6 Å². The zero-order valence-electron chi connectivity index (χ0n) is 11.8. The van der Waals surface area contributed by atoms with Crippen LogP contribution in [0.1, 0.15) is 25.7 Å². The summed E-state index contributed by atoms with van der Waals surface area (Å²) in [6.07, 6.45) is 6.02. The molecule has 0 unspecified atom stereocenters. The van der Waals surface area contributed by atoms with E-state index in [9.17, 15) is 4.79 Å². The van der Waals surface area contributed by atoms with Crippen LogP contribution >= 0.6 is 0 Å². The van der Waals surface area contributed by atoms with Gasteiger partial charge in [-0.05, 0) is 43.2 Å². The minimum atomic E-state index is 0.130. The van der Waals surface area contributed by atoms with Crippen LogP contribution in [0.3, 0.4) is 0 Å². The molecule has 0 radical (unpaired) electrons. The van der Waals surface area contributed by atoms with Crippen molar-refractivity contribution in [3.63, 3.8) is 0 Å². The van der Waals surface area contributed by atoms with Gasteiger partial charge in [-0.2, -0.15) is 0 Å². The highest BCUT2D eigenvalue weighted by molar-refractivity contribution is 5.92. The van der Waals surface area contributed by atoms with Crippen molar-refractivity contribution in [2.75, 3.05) is 5.32 Å². The highest BCUT2D eigenvalue weighted by Crippen LogP contribution is 2.26. The first kappa shape index (κ1) is 13.6. The van der Waals surface area contributed by atoms with E-state index >= 15 is 0 Å². The third-order valence-electron chi connectivity index (χ3n) is 3.71. The van der Waals surface area contributed by atoms with Crippen LogP contribution in [0.15, 0.2) is 48.7 Å². The lowest BCUT2D eigenvalue weighted by Crippen LogP contribution is -2.20. The third-order valence-corrected chi connectivity index (χ3v) is 3.71. The molecular formula is C17H18N2O2. The number of hydrogen-bond acceptors (Lipinski definition) is 3. The maximum Gasteiger partial charge on any atom is 0.227 e. The minimum absolute atomic E-state index is 0.130. The lowest BCUT2D eigenvalue weighted by molar-refractivity contribution is -0.119. The Morgan fingerprint density at radius 2 is 1.86 bits per heavy atom. The molecule has 0 saturated heterocycles. The van der Waals surface area contributed by atoms with Gasteiger partial charge in [0.15, 0.2) is 0 Å². The Kier molecular flexibility index (Phi) is 4.15. The first-order valence-electron chi connectivity index (χ1n) is 7.31. The van der Waals surface area contributed by atoms with Crippen LogP contribution in [-0.4, -0.2) is 10.9 Å². The largest absolute Gasteiger partial charge is 0.439 e. The summed E-state index contributed by atoms with van der Waals surface area (Å²) in [6, 6.07) is 12.9. The molecule has 1 fully saturated rings. The molecule has 0 aliphatic heterocycles. The van der Waals surface area contributed by atoms with Crippen LogP contribution in [-0.2, 0) is 4.79 Å². The molecule has 4 heteroatoms. The van der Waals surface area contributed by atoms with E-state index in [1.54, 1.807) is 12.3 Å². The maximum atomic E-state index is 12.0. The fraction of sp³-hybridized carbons (Fsp3) is 0.294. The molecule has 1 aromatic carbocycles. The quantitative estimate of drug-likeness (QED) is 0.922. The molecule has 1 aliphatic carbocycles. The molecular weight excluding hydrogens is 264 g/mol. The highest BCUT2D eigenvalue weighted by atomic mass is 16.5. The predicted octanol–water partition coefficient (Wildman–Crippen LogP) is 4.00. The van der Waals surface area contributed by atoms with Crippen LogP contribution in [0, 0.1) is 5.92 Å². The molecule has 4 nitrogen and oxygen atoms in total. The van der Waals surface area contributed by atoms with Crippen molar-refractivity contribution < 1.29 is 9.53 Å². The van der Waals surface area contributed by atoms with Crippen molar-refractivity contribution in [2.24, 2.45) is 5.92 Å². The van der Waals surface area contributed by atoms with E-state index in [4.69, 9.17) is 4.74 Å². The Bertz CT molecular complexity index is 590. The van der Waals surface area contributed by atoms with Crippen molar-refractivity contribution in [1.82, 2.24) is 4.98 Å². The molecule has 2 aromatic rings. The van der Waals surface area contributed by atoms with Gasteiger partial charge in [-0.3, -0.25) is 4.79 Å². The summed E-state index contributed by atoms with van der Waals surface area (Å²) in [5.41, 5.74) is 0.806. The van der Waals surface area contributed by atoms with Crippen LogP contribution < -0.4 is 10.1 Å². The average Bonchev–Trinajstić information content (AvgIpc) is 3.05. The smallest absolute Gasteiger partial charge is 0.227 e. The third kappa shape index (κ3) is 3.60. The summed E-state index contributed by atoms with van der Waals surface area (Å²) in [4.78, 5) is 16.1. The molecule has 1 aliphatic rings. The first-order chi connectivity index (χ1) is 10.3. The molecule has 108 valence electrons. The van der Waals surface area contributed by atoms with Gasteiger partial charge in [0.1, 0.15) is 5.75 Å². The number of benzene rings is 1. The lowest BCUT2D eigenvalue weighted by atomic mass is 10.1. The van der Waals surface area contributed by atoms with Gasteiger partial charge in [0.2, 0.25) is 11.8 Å². The van der Waals surface area contributed by atoms with E-state index in [1.807, 2.05) is 36.4 Å². The normalized spacial score (nSPS) is 14.9. The summed E-state index contributed by atoms with van der Waals surface area (Å²) >= 11 is 0. The number of aromatic nitrogens is 1. The Morgan fingerprint density at radius 3 is 2.52 bits per heavy atom. The SMILES string of the molecule is O=C(Nc1ccc(Oc2ccccn2)cc1)C1CCCC1. The molecule has 21 heavy (non-hydrogen) atoms. The van der Waals surface area contributed by atoms with Gasteiger partial charge < -0.3 is 10.1 Å². The molecule has 0 atom stereocenters. The number of hydrogen-bond donors (Lipinski definition) is 1. The van der Waals surface area contributed by atoms with E-state index in [0.717, 1.165) is 31.4 Å². The van der Waals surface area contributed by atoms with Gasteiger partial charge in [0.25, 0.3) is 0 Å². The number of nitrogens with zero attached hydrogens (tertiary/aromatic N) is 1. The van der Waals surface area contributed by atoms with Gasteiger partial charge in [0.05, 0.1) is 0 Å². The number of nitrogens with one attached hydrogen (secondary N) is 1. The minimum Gasteiger partial charge on any atom is -0.439 e. The lowest BCUT2D eigenvalue weighted by Gasteiger charge is -2.11. The van der Waals surface area contributed by atoms with Crippen LogP contribution in [0.2, 0.25) is 0 Å². The Hall–Kier alpha value is -2.36. The summed E-state index contributed by atoms with van der Waals surface area (Å²) in [6.45, 7) is 0. The summed E-state index contributed by atoms with van der Waals surface area (Å²) in [5, 5.41) is 2.96. The van der Waals surface area contributed by atoms with Crippen molar-refractivity contribution in [3.8, 4) is 11.6 Å². The Morgan fingerprint density at radius 1 is 1.10 bits per heavy atom. The van der Waals surface area contributed by atoms with Crippen LogP contribution in [0.5, 0.6) is 11.6 Å². The topological polar surface area (TPSA) is 51.2 Å². The second-order valence-corrected chi connectivity index (χ2v) is 5.27. The number of ether oxygens (including phenoxy) is 1. The van der Waals surface area contributed by atoms with E-state index in [2.05, 4.69) is 10.3 Å². The predicted molar refractivity (Wildman–Crippen MR) is 81.3 cm³/mol. The molecule has 3 rings (SSSR count). The van der Waals surface area contributed by atoms with Gasteiger partial charge in [-0.15, -0.1) is 0 Å². The van der Waals surface area contributed by atoms with E-state index < -0.39 is 0 Å². The molecule has 1 saturated carbocycles. The zero-order chi connectivity index (χ0) is 14.5. The van der Waals surface area contributed by atoms with Crippen molar-refractivity contribution in [1.29, 1.82) is 0 Å². The van der Waals surface area contributed by atoms with Crippen LogP contribution in [0.4, 0.5) is 5.69 Å². The number of anilines is 1. The molecule has 1 amide bonds. The monoisotopic (exact) mass is 282 g/mol. The number of amides is 1. The number of carbonyl (C=O) groups excluding carboxylic acids is 1. The fourth-order valence-electron chi connectivity index (χ4n) is 2.57. The number of carbonyl (C=O) groups is 1. The summed E-state index contributed by atoms with van der Waals surface area (Å²) in [5.74, 6) is 1.56. The van der Waals surface area contributed by atoms with Crippen molar-refractivity contribution in [2.45, 2.75) is 25.7 Å². The van der Waals surface area contributed by atoms with Gasteiger partial charge in [-0.25, -0.2) is 4.98 Å².